The number of nitrogens with zero attached hydrogens (tertiary/aromatic N) is 1. The molecule has 150 valence electrons. The highest BCUT2D eigenvalue weighted by atomic mass is 127. The molecule has 0 spiro atoms. The van der Waals surface area contributed by atoms with Crippen LogP contribution in [0.25, 0.3) is 11.6 Å². The summed E-state index contributed by atoms with van der Waals surface area (Å²) in [5, 5.41) is 19.5. The largest absolute Gasteiger partial charge is 0.488 e. The third-order valence-electron chi connectivity index (χ3n) is 4.21. The molecule has 0 saturated carbocycles. The van der Waals surface area contributed by atoms with Gasteiger partial charge in [-0.2, -0.15) is 5.26 Å². The highest BCUT2D eigenvalue weighted by molar-refractivity contribution is 14.1. The fourth-order valence-electron chi connectivity index (χ4n) is 2.65. The van der Waals surface area contributed by atoms with E-state index in [9.17, 15) is 10.1 Å². The van der Waals surface area contributed by atoms with Crippen LogP contribution in [-0.4, -0.2) is 11.1 Å². The molecule has 0 fully saturated rings. The third kappa shape index (κ3) is 5.54. The molecule has 3 aromatic rings. The van der Waals surface area contributed by atoms with Crippen LogP contribution in [0.5, 0.6) is 5.75 Å². The van der Waals surface area contributed by atoms with Crippen molar-refractivity contribution in [3.8, 4) is 11.8 Å². The number of hydrogen-bond acceptors (Lipinski definition) is 3. The molecule has 3 rings (SSSR count). The summed E-state index contributed by atoms with van der Waals surface area (Å²) in [5.74, 6) is -0.293. The molecule has 1 N–H and O–H groups in total. The minimum Gasteiger partial charge on any atom is -0.488 e. The molecule has 0 aliphatic heterocycles. The molecule has 0 radical (unpaired) electrons. The number of benzene rings is 3. The summed E-state index contributed by atoms with van der Waals surface area (Å²) >= 11 is 14.1. The first-order chi connectivity index (χ1) is 14.4. The number of rotatable bonds is 6. The summed E-state index contributed by atoms with van der Waals surface area (Å²) in [6.45, 7) is 0.349. The van der Waals surface area contributed by atoms with Crippen molar-refractivity contribution in [1.82, 2.24) is 0 Å². The van der Waals surface area contributed by atoms with Crippen LogP contribution in [0.3, 0.4) is 0 Å². The molecule has 0 aromatic heterocycles. The van der Waals surface area contributed by atoms with Crippen molar-refractivity contribution in [2.75, 3.05) is 0 Å². The maximum Gasteiger partial charge on any atom is 0.335 e. The number of nitriles is 1. The van der Waals surface area contributed by atoms with Crippen LogP contribution >= 0.6 is 45.8 Å². The molecule has 0 unspecified atom stereocenters. The van der Waals surface area contributed by atoms with Gasteiger partial charge in [-0.15, -0.1) is 0 Å². The van der Waals surface area contributed by atoms with E-state index in [0.717, 1.165) is 14.7 Å². The molecule has 7 heteroatoms. The highest BCUT2D eigenvalue weighted by Crippen LogP contribution is 2.27. The van der Waals surface area contributed by atoms with Crippen LogP contribution in [0.2, 0.25) is 10.0 Å². The van der Waals surface area contributed by atoms with E-state index in [2.05, 4.69) is 28.7 Å². The molecule has 3 aromatic carbocycles. The first kappa shape index (κ1) is 22.2. The summed E-state index contributed by atoms with van der Waals surface area (Å²) in [6, 6.07) is 19.3. The Kier molecular flexibility index (Phi) is 7.38. The molecule has 0 bridgehead atoms. The van der Waals surface area contributed by atoms with E-state index in [-0.39, 0.29) is 5.56 Å². The van der Waals surface area contributed by atoms with E-state index in [1.807, 2.05) is 24.3 Å². The second-order valence-corrected chi connectivity index (χ2v) is 8.26. The van der Waals surface area contributed by atoms with Gasteiger partial charge < -0.3 is 9.84 Å². The van der Waals surface area contributed by atoms with E-state index in [1.165, 1.54) is 12.1 Å². The lowest BCUT2D eigenvalue weighted by Gasteiger charge is -2.10. The number of ether oxygens (including phenoxy) is 1. The first-order valence-electron chi connectivity index (χ1n) is 8.69. The first-order valence-corrected chi connectivity index (χ1v) is 10.5. The standard InChI is InChI=1S/C23H14Cl2INO3/c24-19-7-1-15(10-20(19)25)13-30-22-8-2-14(11-21(22)26)9-18(12-27)16-3-5-17(6-4-16)23(28)29/h1-11H,13H2,(H,28,29)/b18-9-. The lowest BCUT2D eigenvalue weighted by Crippen LogP contribution is -1.97. The Morgan fingerprint density at radius 1 is 1.03 bits per heavy atom. The smallest absolute Gasteiger partial charge is 0.335 e. The number of allylic oxidation sites excluding steroid dienone is 1. The summed E-state index contributed by atoms with van der Waals surface area (Å²) in [4.78, 5) is 11.0. The van der Waals surface area contributed by atoms with Gasteiger partial charge in [0.2, 0.25) is 0 Å². The van der Waals surface area contributed by atoms with Crippen molar-refractivity contribution in [3.63, 3.8) is 0 Å². The predicted octanol–water partition coefficient (Wildman–Crippen LogP) is 6.94. The van der Waals surface area contributed by atoms with Gasteiger partial charge in [-0.3, -0.25) is 0 Å². The van der Waals surface area contributed by atoms with Gasteiger partial charge >= 0.3 is 5.97 Å². The normalized spacial score (nSPS) is 11.1. The van der Waals surface area contributed by atoms with Crippen molar-refractivity contribution in [2.24, 2.45) is 0 Å². The fraction of sp³-hybridized carbons (Fsp3) is 0.0435. The topological polar surface area (TPSA) is 70.3 Å². The Hall–Kier alpha value is -2.53. The van der Waals surface area contributed by atoms with Gasteiger partial charge in [0, 0.05) is 0 Å². The van der Waals surface area contributed by atoms with Gasteiger partial charge in [0.25, 0.3) is 0 Å². The lowest BCUT2D eigenvalue weighted by atomic mass is 10.0. The lowest BCUT2D eigenvalue weighted by molar-refractivity contribution is 0.0697. The molecule has 0 aliphatic carbocycles. The van der Waals surface area contributed by atoms with Crippen molar-refractivity contribution in [2.45, 2.75) is 6.61 Å². The van der Waals surface area contributed by atoms with Gasteiger partial charge in [-0.05, 0) is 81.8 Å². The molecular formula is C23H14Cl2INO3. The predicted molar refractivity (Wildman–Crippen MR) is 127 cm³/mol. The van der Waals surface area contributed by atoms with E-state index in [0.29, 0.717) is 33.5 Å². The zero-order valence-electron chi connectivity index (χ0n) is 15.4. The molecule has 0 heterocycles. The number of carboxylic acid groups (broad SMARTS) is 1. The average Bonchev–Trinajstić information content (AvgIpc) is 2.74. The van der Waals surface area contributed by atoms with Gasteiger partial charge in [0.15, 0.2) is 0 Å². The average molecular weight is 550 g/mol. The summed E-state index contributed by atoms with van der Waals surface area (Å²) < 4.78 is 6.76. The molecule has 0 aliphatic rings. The number of halogens is 3. The summed E-state index contributed by atoms with van der Waals surface area (Å²) in [6.07, 6.45) is 1.75. The molecule has 0 saturated heterocycles. The van der Waals surface area contributed by atoms with Crippen LogP contribution in [-0.2, 0) is 6.61 Å². The summed E-state index contributed by atoms with van der Waals surface area (Å²) in [5.41, 5.74) is 3.00. The SMILES string of the molecule is N#C/C(=C/c1ccc(OCc2ccc(Cl)c(Cl)c2)c(I)c1)c1ccc(C(=O)O)cc1. The highest BCUT2D eigenvalue weighted by Gasteiger charge is 2.08. The van der Waals surface area contributed by atoms with Crippen molar-refractivity contribution >= 4 is 63.4 Å². The van der Waals surface area contributed by atoms with Crippen molar-refractivity contribution in [3.05, 3.63) is 96.5 Å². The number of carboxylic acids is 1. The molecule has 4 nitrogen and oxygen atoms in total. The Labute approximate surface area is 197 Å². The minimum atomic E-state index is -1.00. The van der Waals surface area contributed by atoms with Crippen LogP contribution in [0.1, 0.15) is 27.0 Å². The maximum atomic E-state index is 11.0. The fourth-order valence-corrected chi connectivity index (χ4v) is 3.67. The Balaban J connectivity index is 1.76. The Morgan fingerprint density at radius 2 is 1.73 bits per heavy atom. The number of carbonyl (C=O) groups is 1. The molecule has 0 amide bonds. The molecule has 30 heavy (non-hydrogen) atoms. The number of hydrogen-bond donors (Lipinski definition) is 1. The molecule has 0 atom stereocenters. The third-order valence-corrected chi connectivity index (χ3v) is 5.79. The van der Waals surface area contributed by atoms with Crippen LogP contribution < -0.4 is 4.74 Å². The van der Waals surface area contributed by atoms with E-state index < -0.39 is 5.97 Å². The second-order valence-electron chi connectivity index (χ2n) is 6.28. The quantitative estimate of drug-likeness (QED) is 0.205. The van der Waals surface area contributed by atoms with E-state index in [4.69, 9.17) is 33.0 Å². The monoisotopic (exact) mass is 549 g/mol. The minimum absolute atomic E-state index is 0.175. The van der Waals surface area contributed by atoms with Gasteiger partial charge in [-0.1, -0.05) is 47.5 Å². The van der Waals surface area contributed by atoms with Gasteiger partial charge in [0.05, 0.1) is 30.8 Å². The Bertz CT molecular complexity index is 1170. The summed E-state index contributed by atoms with van der Waals surface area (Å²) in [7, 11) is 0. The van der Waals surface area contributed by atoms with Crippen molar-refractivity contribution < 1.29 is 14.6 Å². The Morgan fingerprint density at radius 3 is 2.33 bits per heavy atom. The van der Waals surface area contributed by atoms with Crippen LogP contribution in [0.15, 0.2) is 60.7 Å². The van der Waals surface area contributed by atoms with Crippen LogP contribution in [0, 0.1) is 14.9 Å². The zero-order valence-corrected chi connectivity index (χ0v) is 19.1. The number of aromatic carboxylic acids is 1. The van der Waals surface area contributed by atoms with E-state index >= 15 is 0 Å². The van der Waals surface area contributed by atoms with Gasteiger partial charge in [-0.25, -0.2) is 4.79 Å². The maximum absolute atomic E-state index is 11.0. The molecular weight excluding hydrogens is 536 g/mol. The van der Waals surface area contributed by atoms with Crippen LogP contribution in [0.4, 0.5) is 0 Å². The zero-order chi connectivity index (χ0) is 21.7. The van der Waals surface area contributed by atoms with E-state index in [1.54, 1.807) is 30.3 Å². The van der Waals surface area contributed by atoms with Crippen molar-refractivity contribution in [1.29, 1.82) is 5.26 Å². The second kappa shape index (κ2) is 9.98. The van der Waals surface area contributed by atoms with Gasteiger partial charge in [0.1, 0.15) is 12.4 Å².